The van der Waals surface area contributed by atoms with Crippen molar-refractivity contribution in [2.24, 2.45) is 0 Å². The SMILES string of the molecule is COc1ccc2c(ccn2C(CCc2ccccc2)C(=O)O)c1. The predicted molar refractivity (Wildman–Crippen MR) is 89.9 cm³/mol. The first-order valence-electron chi connectivity index (χ1n) is 7.60. The third kappa shape index (κ3) is 3.21. The second kappa shape index (κ2) is 6.57. The topological polar surface area (TPSA) is 51.5 Å². The van der Waals surface area contributed by atoms with Crippen LogP contribution >= 0.6 is 0 Å². The third-order valence-corrected chi connectivity index (χ3v) is 4.10. The smallest absolute Gasteiger partial charge is 0.326 e. The van der Waals surface area contributed by atoms with Gasteiger partial charge in [0.15, 0.2) is 0 Å². The highest BCUT2D eigenvalue weighted by Crippen LogP contribution is 2.26. The lowest BCUT2D eigenvalue weighted by atomic mass is 10.0. The maximum Gasteiger partial charge on any atom is 0.326 e. The van der Waals surface area contributed by atoms with E-state index in [1.807, 2.05) is 65.4 Å². The van der Waals surface area contributed by atoms with Crippen molar-refractivity contribution in [2.75, 3.05) is 7.11 Å². The molecule has 0 spiro atoms. The summed E-state index contributed by atoms with van der Waals surface area (Å²) in [6, 6.07) is 17.0. The zero-order chi connectivity index (χ0) is 16.2. The van der Waals surface area contributed by atoms with Crippen LogP contribution in [0.25, 0.3) is 10.9 Å². The van der Waals surface area contributed by atoms with Gasteiger partial charge >= 0.3 is 5.97 Å². The highest BCUT2D eigenvalue weighted by molar-refractivity contribution is 5.84. The predicted octanol–water partition coefficient (Wildman–Crippen LogP) is 3.91. The van der Waals surface area contributed by atoms with Crippen LogP contribution in [-0.4, -0.2) is 22.8 Å². The number of aliphatic carboxylic acids is 1. The minimum absolute atomic E-state index is 0.551. The van der Waals surface area contributed by atoms with Crippen LogP contribution in [0, 0.1) is 0 Å². The Balaban J connectivity index is 1.88. The van der Waals surface area contributed by atoms with Gasteiger partial charge in [-0.2, -0.15) is 0 Å². The fraction of sp³-hybridized carbons (Fsp3) is 0.211. The van der Waals surface area contributed by atoms with E-state index >= 15 is 0 Å². The second-order valence-corrected chi connectivity index (χ2v) is 5.53. The van der Waals surface area contributed by atoms with Gasteiger partial charge in [0, 0.05) is 17.1 Å². The third-order valence-electron chi connectivity index (χ3n) is 4.10. The van der Waals surface area contributed by atoms with Gasteiger partial charge in [-0.3, -0.25) is 0 Å². The summed E-state index contributed by atoms with van der Waals surface area (Å²) in [6.07, 6.45) is 3.12. The van der Waals surface area contributed by atoms with Crippen LogP contribution in [0.15, 0.2) is 60.8 Å². The molecule has 4 heteroatoms. The van der Waals surface area contributed by atoms with Gasteiger partial charge in [0.25, 0.3) is 0 Å². The molecule has 0 aliphatic rings. The number of carbonyl (C=O) groups is 1. The first-order valence-corrected chi connectivity index (χ1v) is 7.60. The molecule has 0 radical (unpaired) electrons. The lowest BCUT2D eigenvalue weighted by Crippen LogP contribution is -2.19. The number of benzene rings is 2. The molecule has 1 atom stereocenters. The average molecular weight is 309 g/mol. The fourth-order valence-electron chi connectivity index (χ4n) is 2.87. The first kappa shape index (κ1) is 15.2. The molecule has 1 aromatic heterocycles. The normalized spacial score (nSPS) is 12.2. The van der Waals surface area contributed by atoms with Gasteiger partial charge in [-0.15, -0.1) is 0 Å². The van der Waals surface area contributed by atoms with E-state index in [9.17, 15) is 9.90 Å². The Kier molecular flexibility index (Phi) is 4.33. The van der Waals surface area contributed by atoms with Crippen molar-refractivity contribution in [1.29, 1.82) is 0 Å². The lowest BCUT2D eigenvalue weighted by molar-refractivity contribution is -0.141. The molecule has 1 unspecified atom stereocenters. The largest absolute Gasteiger partial charge is 0.497 e. The molecule has 0 saturated heterocycles. The molecule has 23 heavy (non-hydrogen) atoms. The van der Waals surface area contributed by atoms with Crippen molar-refractivity contribution in [3.05, 3.63) is 66.4 Å². The molecule has 2 aromatic carbocycles. The van der Waals surface area contributed by atoms with Gasteiger partial charge in [0.1, 0.15) is 11.8 Å². The van der Waals surface area contributed by atoms with Gasteiger partial charge in [-0.1, -0.05) is 30.3 Å². The van der Waals surface area contributed by atoms with Gasteiger partial charge in [0.05, 0.1) is 7.11 Å². The summed E-state index contributed by atoms with van der Waals surface area (Å²) >= 11 is 0. The number of aromatic nitrogens is 1. The van der Waals surface area contributed by atoms with E-state index in [1.54, 1.807) is 7.11 Å². The van der Waals surface area contributed by atoms with E-state index in [0.29, 0.717) is 6.42 Å². The molecule has 0 bridgehead atoms. The van der Waals surface area contributed by atoms with Gasteiger partial charge < -0.3 is 14.4 Å². The summed E-state index contributed by atoms with van der Waals surface area (Å²) in [6.45, 7) is 0. The van der Waals surface area contributed by atoms with Crippen LogP contribution in [0.2, 0.25) is 0 Å². The number of ether oxygens (including phenoxy) is 1. The average Bonchev–Trinajstić information content (AvgIpc) is 2.98. The summed E-state index contributed by atoms with van der Waals surface area (Å²) in [5.74, 6) is -0.0411. The van der Waals surface area contributed by atoms with Gasteiger partial charge in [-0.05, 0) is 42.7 Å². The number of fused-ring (bicyclic) bond motifs is 1. The summed E-state index contributed by atoms with van der Waals surface area (Å²) < 4.78 is 7.05. The summed E-state index contributed by atoms with van der Waals surface area (Å²) in [5.41, 5.74) is 2.06. The number of carboxylic acid groups (broad SMARTS) is 1. The van der Waals surface area contributed by atoms with Crippen molar-refractivity contribution >= 4 is 16.9 Å². The first-order chi connectivity index (χ1) is 11.2. The molecule has 118 valence electrons. The molecular formula is C19H19NO3. The maximum absolute atomic E-state index is 11.7. The fourth-order valence-corrected chi connectivity index (χ4v) is 2.87. The highest BCUT2D eigenvalue weighted by Gasteiger charge is 2.20. The standard InChI is InChI=1S/C19H19NO3/c1-23-16-8-10-17-15(13-16)11-12-20(17)18(19(21)22)9-7-14-5-3-2-4-6-14/h2-6,8,10-13,18H,7,9H2,1H3,(H,21,22). The second-order valence-electron chi connectivity index (χ2n) is 5.53. The molecule has 4 nitrogen and oxygen atoms in total. The molecule has 0 fully saturated rings. The molecule has 0 aliphatic heterocycles. The Morgan fingerprint density at radius 3 is 2.65 bits per heavy atom. The Labute approximate surface area is 134 Å². The zero-order valence-corrected chi connectivity index (χ0v) is 13.0. The molecule has 3 aromatic rings. The number of hydrogen-bond acceptors (Lipinski definition) is 2. The van der Waals surface area contributed by atoms with E-state index in [-0.39, 0.29) is 0 Å². The van der Waals surface area contributed by atoms with E-state index in [2.05, 4.69) is 0 Å². The summed E-state index contributed by atoms with van der Waals surface area (Å²) in [7, 11) is 1.62. The summed E-state index contributed by atoms with van der Waals surface area (Å²) in [4.78, 5) is 11.7. The van der Waals surface area contributed by atoms with Gasteiger partial charge in [0.2, 0.25) is 0 Å². The number of carboxylic acids is 1. The monoisotopic (exact) mass is 309 g/mol. The minimum Gasteiger partial charge on any atom is -0.497 e. The van der Waals surface area contributed by atoms with Crippen LogP contribution in [0.4, 0.5) is 0 Å². The quantitative estimate of drug-likeness (QED) is 0.751. The molecule has 0 amide bonds. The minimum atomic E-state index is -0.811. The van der Waals surface area contributed by atoms with Crippen molar-refractivity contribution in [3.8, 4) is 5.75 Å². The van der Waals surface area contributed by atoms with Crippen LogP contribution in [-0.2, 0) is 11.2 Å². The van der Waals surface area contributed by atoms with Crippen LogP contribution in [0.5, 0.6) is 5.75 Å². The van der Waals surface area contributed by atoms with E-state index in [0.717, 1.165) is 28.6 Å². The maximum atomic E-state index is 11.7. The van der Waals surface area contributed by atoms with Crippen LogP contribution < -0.4 is 4.74 Å². The Bertz CT molecular complexity index is 808. The Morgan fingerprint density at radius 2 is 1.96 bits per heavy atom. The van der Waals surface area contributed by atoms with Crippen LogP contribution in [0.1, 0.15) is 18.0 Å². The number of aryl methyl sites for hydroxylation is 1. The molecule has 0 aliphatic carbocycles. The van der Waals surface area contributed by atoms with E-state index in [4.69, 9.17) is 4.74 Å². The van der Waals surface area contributed by atoms with E-state index in [1.165, 1.54) is 0 Å². The van der Waals surface area contributed by atoms with Crippen molar-refractivity contribution < 1.29 is 14.6 Å². The number of hydrogen-bond donors (Lipinski definition) is 1. The van der Waals surface area contributed by atoms with Crippen molar-refractivity contribution in [2.45, 2.75) is 18.9 Å². The molecule has 1 N–H and O–H groups in total. The van der Waals surface area contributed by atoms with Crippen LogP contribution in [0.3, 0.4) is 0 Å². The molecule has 1 heterocycles. The zero-order valence-electron chi connectivity index (χ0n) is 13.0. The number of nitrogens with zero attached hydrogens (tertiary/aromatic N) is 1. The van der Waals surface area contributed by atoms with Crippen molar-refractivity contribution in [1.82, 2.24) is 4.57 Å². The number of methoxy groups -OCH3 is 1. The summed E-state index contributed by atoms with van der Waals surface area (Å²) in [5, 5.41) is 10.6. The highest BCUT2D eigenvalue weighted by atomic mass is 16.5. The lowest BCUT2D eigenvalue weighted by Gasteiger charge is -2.16. The van der Waals surface area contributed by atoms with Crippen molar-refractivity contribution in [3.63, 3.8) is 0 Å². The molecule has 3 rings (SSSR count). The molecule has 0 saturated carbocycles. The number of rotatable bonds is 6. The molecular weight excluding hydrogens is 290 g/mol. The Hall–Kier alpha value is -2.75. The Morgan fingerprint density at radius 1 is 1.17 bits per heavy atom. The van der Waals surface area contributed by atoms with Gasteiger partial charge in [-0.25, -0.2) is 4.79 Å². The van der Waals surface area contributed by atoms with E-state index < -0.39 is 12.0 Å².